The van der Waals surface area contributed by atoms with Crippen LogP contribution in [0.1, 0.15) is 17.3 Å². The van der Waals surface area contributed by atoms with E-state index in [2.05, 4.69) is 9.97 Å². The maximum Gasteiger partial charge on any atom is 0.227 e. The van der Waals surface area contributed by atoms with Crippen molar-refractivity contribution in [2.45, 2.75) is 12.3 Å². The van der Waals surface area contributed by atoms with Gasteiger partial charge in [0.1, 0.15) is 11.6 Å². The second kappa shape index (κ2) is 5.50. The molecule has 0 saturated carbocycles. The number of fused-ring (bicyclic) bond motifs is 1. The number of rotatable bonds is 3. The number of H-pyrrole nitrogens is 1. The van der Waals surface area contributed by atoms with Crippen molar-refractivity contribution in [1.82, 2.24) is 14.9 Å². The number of carbonyl (C=O) groups excluding carboxylic acids is 1. The number of amides is 1. The molecule has 5 heteroatoms. The van der Waals surface area contributed by atoms with Gasteiger partial charge in [0.05, 0.1) is 23.4 Å². The van der Waals surface area contributed by atoms with Gasteiger partial charge in [-0.05, 0) is 29.8 Å². The highest BCUT2D eigenvalue weighted by Crippen LogP contribution is 2.27. The molecule has 0 unspecified atom stereocenters. The van der Waals surface area contributed by atoms with Crippen molar-refractivity contribution in [3.8, 4) is 0 Å². The van der Waals surface area contributed by atoms with Crippen molar-refractivity contribution in [2.75, 3.05) is 13.1 Å². The molecule has 0 aliphatic carbocycles. The fraction of sp³-hybridized carbons (Fsp3) is 0.222. The fourth-order valence-electron chi connectivity index (χ4n) is 2.91. The first kappa shape index (κ1) is 13.9. The molecule has 4 rings (SSSR count). The number of para-hydroxylation sites is 2. The number of aromatic amines is 1. The summed E-state index contributed by atoms with van der Waals surface area (Å²) in [6.07, 6.45) is 0.313. The number of likely N-dealkylation sites (tertiary alicyclic amines) is 1. The molecule has 2 aromatic carbocycles. The molecule has 1 aliphatic rings. The molecule has 116 valence electrons. The highest BCUT2D eigenvalue weighted by Gasteiger charge is 2.33. The summed E-state index contributed by atoms with van der Waals surface area (Å²) in [6.45, 7) is 1.36. The van der Waals surface area contributed by atoms with Crippen LogP contribution >= 0.6 is 0 Å². The maximum absolute atomic E-state index is 12.9. The van der Waals surface area contributed by atoms with Gasteiger partial charge in [-0.2, -0.15) is 0 Å². The van der Waals surface area contributed by atoms with E-state index in [0.29, 0.717) is 19.5 Å². The third-order valence-electron chi connectivity index (χ3n) is 4.30. The van der Waals surface area contributed by atoms with E-state index in [9.17, 15) is 9.18 Å². The van der Waals surface area contributed by atoms with Crippen LogP contribution in [0.4, 0.5) is 4.39 Å². The van der Waals surface area contributed by atoms with Crippen molar-refractivity contribution >= 4 is 16.9 Å². The van der Waals surface area contributed by atoms with Gasteiger partial charge in [-0.15, -0.1) is 0 Å². The van der Waals surface area contributed by atoms with Gasteiger partial charge in [0.15, 0.2) is 0 Å². The average molecular weight is 309 g/mol. The minimum absolute atomic E-state index is 0.0731. The number of carbonyl (C=O) groups is 1. The molecule has 2 heterocycles. The molecule has 0 atom stereocenters. The number of hydrogen-bond donors (Lipinski definition) is 1. The lowest BCUT2D eigenvalue weighted by atomic mass is 9.98. The van der Waals surface area contributed by atoms with E-state index in [4.69, 9.17) is 0 Å². The molecule has 3 aromatic rings. The van der Waals surface area contributed by atoms with Crippen molar-refractivity contribution < 1.29 is 9.18 Å². The number of nitrogens with one attached hydrogen (secondary N) is 1. The van der Waals surface area contributed by atoms with Gasteiger partial charge in [-0.25, -0.2) is 9.37 Å². The normalized spacial score (nSPS) is 14.9. The minimum atomic E-state index is -0.282. The maximum atomic E-state index is 12.9. The number of benzene rings is 2. The summed E-state index contributed by atoms with van der Waals surface area (Å²) in [5.41, 5.74) is 2.82. The molecule has 1 aliphatic heterocycles. The van der Waals surface area contributed by atoms with Crippen molar-refractivity contribution in [3.05, 3.63) is 65.7 Å². The first-order valence-corrected chi connectivity index (χ1v) is 7.66. The van der Waals surface area contributed by atoms with Crippen LogP contribution in [0.5, 0.6) is 0 Å². The van der Waals surface area contributed by atoms with Gasteiger partial charge < -0.3 is 9.88 Å². The molecule has 0 radical (unpaired) electrons. The second-order valence-corrected chi connectivity index (χ2v) is 5.94. The van der Waals surface area contributed by atoms with E-state index in [-0.39, 0.29) is 17.6 Å². The lowest BCUT2D eigenvalue weighted by Crippen LogP contribution is -2.49. The summed E-state index contributed by atoms with van der Waals surface area (Å²) in [4.78, 5) is 22.0. The molecule has 0 bridgehead atoms. The Morgan fingerprint density at radius 1 is 1.17 bits per heavy atom. The third kappa shape index (κ3) is 2.70. The molecular weight excluding hydrogens is 293 g/mol. The standard InChI is InChI=1S/C18H16FN3O/c19-14-7-5-12(6-8-14)9-17(23)22-10-13(11-22)18-20-15-3-1-2-4-16(15)21-18/h1-8,13H,9-11H2,(H,20,21). The highest BCUT2D eigenvalue weighted by atomic mass is 19.1. The van der Waals surface area contributed by atoms with E-state index in [0.717, 1.165) is 22.4 Å². The predicted octanol–water partition coefficient (Wildman–Crippen LogP) is 2.87. The number of halogens is 1. The van der Waals surface area contributed by atoms with Crippen LogP contribution in [0, 0.1) is 5.82 Å². The van der Waals surface area contributed by atoms with E-state index in [1.165, 1.54) is 12.1 Å². The number of hydrogen-bond acceptors (Lipinski definition) is 2. The number of aromatic nitrogens is 2. The summed E-state index contributed by atoms with van der Waals surface area (Å²) >= 11 is 0. The summed E-state index contributed by atoms with van der Waals surface area (Å²) in [6, 6.07) is 14.0. The minimum Gasteiger partial charge on any atom is -0.342 e. The van der Waals surface area contributed by atoms with Crippen molar-refractivity contribution in [2.24, 2.45) is 0 Å². The Morgan fingerprint density at radius 3 is 2.65 bits per heavy atom. The van der Waals surface area contributed by atoms with Crippen LogP contribution in [-0.4, -0.2) is 33.9 Å². The zero-order valence-electron chi connectivity index (χ0n) is 12.5. The van der Waals surface area contributed by atoms with Crippen LogP contribution in [0.2, 0.25) is 0 Å². The molecule has 23 heavy (non-hydrogen) atoms. The fourth-order valence-corrected chi connectivity index (χ4v) is 2.91. The van der Waals surface area contributed by atoms with Gasteiger partial charge >= 0.3 is 0 Å². The Hall–Kier alpha value is -2.69. The van der Waals surface area contributed by atoms with Crippen LogP contribution in [0.3, 0.4) is 0 Å². The van der Waals surface area contributed by atoms with E-state index in [1.54, 1.807) is 12.1 Å². The Morgan fingerprint density at radius 2 is 1.91 bits per heavy atom. The summed E-state index contributed by atoms with van der Waals surface area (Å²) in [5.74, 6) is 0.996. The Kier molecular flexibility index (Phi) is 3.33. The van der Waals surface area contributed by atoms with E-state index in [1.807, 2.05) is 29.2 Å². The average Bonchev–Trinajstić information content (AvgIpc) is 2.91. The molecule has 1 saturated heterocycles. The number of nitrogens with zero attached hydrogens (tertiary/aromatic N) is 2. The summed E-state index contributed by atoms with van der Waals surface area (Å²) < 4.78 is 12.9. The first-order valence-electron chi connectivity index (χ1n) is 7.66. The van der Waals surface area contributed by atoms with Gasteiger partial charge in [-0.3, -0.25) is 4.79 Å². The van der Waals surface area contributed by atoms with Gasteiger partial charge in [-0.1, -0.05) is 24.3 Å². The zero-order chi connectivity index (χ0) is 15.8. The molecular formula is C18H16FN3O. The van der Waals surface area contributed by atoms with Crippen LogP contribution in [0.25, 0.3) is 11.0 Å². The topological polar surface area (TPSA) is 49.0 Å². The van der Waals surface area contributed by atoms with E-state index < -0.39 is 0 Å². The van der Waals surface area contributed by atoms with E-state index >= 15 is 0 Å². The molecule has 4 nitrogen and oxygen atoms in total. The summed E-state index contributed by atoms with van der Waals surface area (Å²) in [5, 5.41) is 0. The molecule has 1 amide bonds. The monoisotopic (exact) mass is 309 g/mol. The predicted molar refractivity (Wildman–Crippen MR) is 85.5 cm³/mol. The van der Waals surface area contributed by atoms with Crippen LogP contribution in [0.15, 0.2) is 48.5 Å². The van der Waals surface area contributed by atoms with Crippen LogP contribution in [-0.2, 0) is 11.2 Å². The molecule has 1 aromatic heterocycles. The molecule has 1 fully saturated rings. The lowest BCUT2D eigenvalue weighted by Gasteiger charge is -2.38. The Balaban J connectivity index is 1.38. The highest BCUT2D eigenvalue weighted by molar-refractivity contribution is 5.80. The van der Waals surface area contributed by atoms with Crippen LogP contribution < -0.4 is 0 Å². The van der Waals surface area contributed by atoms with Gasteiger partial charge in [0, 0.05) is 13.1 Å². The Labute approximate surface area is 133 Å². The Bertz CT molecular complexity index is 817. The SMILES string of the molecule is O=C(Cc1ccc(F)cc1)N1CC(c2nc3ccccc3[nH]2)C1. The lowest BCUT2D eigenvalue weighted by molar-refractivity contribution is -0.134. The molecule has 0 spiro atoms. The zero-order valence-corrected chi connectivity index (χ0v) is 12.5. The third-order valence-corrected chi connectivity index (χ3v) is 4.30. The number of imidazole rings is 1. The smallest absolute Gasteiger partial charge is 0.227 e. The second-order valence-electron chi connectivity index (χ2n) is 5.94. The first-order chi connectivity index (χ1) is 11.2. The largest absolute Gasteiger partial charge is 0.342 e. The summed E-state index contributed by atoms with van der Waals surface area (Å²) in [7, 11) is 0. The van der Waals surface area contributed by atoms with Crippen molar-refractivity contribution in [1.29, 1.82) is 0 Å². The van der Waals surface area contributed by atoms with Crippen molar-refractivity contribution in [3.63, 3.8) is 0 Å². The van der Waals surface area contributed by atoms with Gasteiger partial charge in [0.25, 0.3) is 0 Å². The quantitative estimate of drug-likeness (QED) is 0.809. The van der Waals surface area contributed by atoms with Gasteiger partial charge in [0.2, 0.25) is 5.91 Å². The molecule has 1 N–H and O–H groups in total.